The van der Waals surface area contributed by atoms with Crippen molar-refractivity contribution >= 4 is 11.6 Å². The summed E-state index contributed by atoms with van der Waals surface area (Å²) in [5, 5.41) is 11.6. The van der Waals surface area contributed by atoms with Crippen molar-refractivity contribution in [2.75, 3.05) is 0 Å². The molecule has 0 saturated carbocycles. The van der Waals surface area contributed by atoms with Gasteiger partial charge in [-0.05, 0) is 0 Å². The zero-order valence-electron chi connectivity index (χ0n) is 7.63. The summed E-state index contributed by atoms with van der Waals surface area (Å²) in [7, 11) is 1.84. The van der Waals surface area contributed by atoms with Crippen LogP contribution >= 0.6 is 11.6 Å². The van der Waals surface area contributed by atoms with Gasteiger partial charge in [-0.3, -0.25) is 4.68 Å². The molecule has 0 amide bonds. The first-order valence-corrected chi connectivity index (χ1v) is 4.60. The highest BCUT2D eigenvalue weighted by Gasteiger charge is 2.06. The molecular weight excluding hydrogens is 204 g/mol. The van der Waals surface area contributed by atoms with E-state index in [4.69, 9.17) is 11.6 Å². The third-order valence-corrected chi connectivity index (χ3v) is 2.17. The third-order valence-electron chi connectivity index (χ3n) is 1.93. The number of alkyl halides is 1. The van der Waals surface area contributed by atoms with E-state index in [-0.39, 0.29) is 0 Å². The highest BCUT2D eigenvalue weighted by molar-refractivity contribution is 6.16. The van der Waals surface area contributed by atoms with E-state index >= 15 is 0 Å². The molecule has 2 aromatic rings. The Morgan fingerprint density at radius 2 is 2.29 bits per heavy atom. The standard InChI is InChI=1S/C7H9ClN6/c1-13-7(9-4-11-13)3-14-5-10-12-6(14)2-8/h4-5H,2-3H2,1H3. The van der Waals surface area contributed by atoms with Crippen LogP contribution in [0.15, 0.2) is 12.7 Å². The van der Waals surface area contributed by atoms with Crippen molar-refractivity contribution in [1.29, 1.82) is 0 Å². The Kier molecular flexibility index (Phi) is 2.45. The molecule has 2 heterocycles. The summed E-state index contributed by atoms with van der Waals surface area (Å²) in [6.07, 6.45) is 3.15. The largest absolute Gasteiger partial charge is 0.309 e. The molecule has 0 bridgehead atoms. The lowest BCUT2D eigenvalue weighted by molar-refractivity contribution is 0.640. The lowest BCUT2D eigenvalue weighted by atomic mass is 10.5. The maximum Gasteiger partial charge on any atom is 0.148 e. The van der Waals surface area contributed by atoms with Gasteiger partial charge in [0.15, 0.2) is 0 Å². The van der Waals surface area contributed by atoms with Crippen molar-refractivity contribution in [2.45, 2.75) is 12.4 Å². The fourth-order valence-electron chi connectivity index (χ4n) is 1.13. The number of aromatic nitrogens is 6. The molecule has 0 aliphatic carbocycles. The molecular formula is C7H9ClN6. The van der Waals surface area contributed by atoms with Gasteiger partial charge >= 0.3 is 0 Å². The van der Waals surface area contributed by atoms with E-state index in [1.807, 2.05) is 11.6 Å². The fourth-order valence-corrected chi connectivity index (χ4v) is 1.34. The van der Waals surface area contributed by atoms with Crippen molar-refractivity contribution in [1.82, 2.24) is 29.5 Å². The predicted molar refractivity (Wildman–Crippen MR) is 49.7 cm³/mol. The van der Waals surface area contributed by atoms with Gasteiger partial charge in [0.25, 0.3) is 0 Å². The van der Waals surface area contributed by atoms with Crippen molar-refractivity contribution in [3.63, 3.8) is 0 Å². The molecule has 14 heavy (non-hydrogen) atoms. The summed E-state index contributed by atoms with van der Waals surface area (Å²) in [5.74, 6) is 1.92. The first-order chi connectivity index (χ1) is 6.81. The van der Waals surface area contributed by atoms with Gasteiger partial charge in [-0.15, -0.1) is 21.8 Å². The van der Waals surface area contributed by atoms with Crippen LogP contribution in [0.4, 0.5) is 0 Å². The second kappa shape index (κ2) is 3.75. The van der Waals surface area contributed by atoms with Crippen LogP contribution in [0.25, 0.3) is 0 Å². The van der Waals surface area contributed by atoms with Gasteiger partial charge in [-0.2, -0.15) is 5.10 Å². The number of nitrogens with zero attached hydrogens (tertiary/aromatic N) is 6. The number of hydrogen-bond donors (Lipinski definition) is 0. The normalized spacial score (nSPS) is 10.7. The molecule has 0 saturated heterocycles. The molecule has 0 aliphatic heterocycles. The Morgan fingerprint density at radius 1 is 1.43 bits per heavy atom. The lowest BCUT2D eigenvalue weighted by Gasteiger charge is -2.02. The topological polar surface area (TPSA) is 61.4 Å². The average molecular weight is 213 g/mol. The van der Waals surface area contributed by atoms with Crippen molar-refractivity contribution in [3.8, 4) is 0 Å². The van der Waals surface area contributed by atoms with Crippen LogP contribution in [0.1, 0.15) is 11.6 Å². The Balaban J connectivity index is 2.22. The van der Waals surface area contributed by atoms with E-state index in [1.54, 1.807) is 11.0 Å². The summed E-state index contributed by atoms with van der Waals surface area (Å²) in [5.41, 5.74) is 0. The van der Waals surface area contributed by atoms with Crippen molar-refractivity contribution < 1.29 is 0 Å². The number of hydrogen-bond acceptors (Lipinski definition) is 4. The smallest absolute Gasteiger partial charge is 0.148 e. The predicted octanol–water partition coefficient (Wildman–Crippen LogP) is 0.194. The van der Waals surface area contributed by atoms with Crippen LogP contribution < -0.4 is 0 Å². The van der Waals surface area contributed by atoms with E-state index in [9.17, 15) is 0 Å². The number of aryl methyl sites for hydroxylation is 1. The zero-order valence-corrected chi connectivity index (χ0v) is 8.39. The molecule has 0 unspecified atom stereocenters. The summed E-state index contributed by atoms with van der Waals surface area (Å²) >= 11 is 5.69. The molecule has 2 rings (SSSR count). The van der Waals surface area contributed by atoms with Gasteiger partial charge in [0.05, 0.1) is 12.4 Å². The highest BCUT2D eigenvalue weighted by atomic mass is 35.5. The molecule has 74 valence electrons. The summed E-state index contributed by atoms with van der Waals surface area (Å²) in [4.78, 5) is 4.10. The number of halogens is 1. The minimum atomic E-state index is 0.345. The summed E-state index contributed by atoms with van der Waals surface area (Å²) < 4.78 is 3.55. The van der Waals surface area contributed by atoms with Gasteiger partial charge in [0.1, 0.15) is 24.3 Å². The second-order valence-electron chi connectivity index (χ2n) is 2.81. The molecule has 6 nitrogen and oxygen atoms in total. The maximum atomic E-state index is 5.69. The van der Waals surface area contributed by atoms with Gasteiger partial charge in [-0.1, -0.05) is 0 Å². The molecule has 0 N–H and O–H groups in total. The third kappa shape index (κ3) is 1.60. The maximum absolute atomic E-state index is 5.69. The van der Waals surface area contributed by atoms with Gasteiger partial charge in [-0.25, -0.2) is 4.98 Å². The molecule has 0 spiro atoms. The van der Waals surface area contributed by atoms with Gasteiger partial charge in [0, 0.05) is 7.05 Å². The van der Waals surface area contributed by atoms with Crippen LogP contribution in [0.2, 0.25) is 0 Å². The molecule has 0 aromatic carbocycles. The second-order valence-corrected chi connectivity index (χ2v) is 3.08. The van der Waals surface area contributed by atoms with Crippen LogP contribution in [0.5, 0.6) is 0 Å². The minimum absolute atomic E-state index is 0.345. The molecule has 2 aromatic heterocycles. The van der Waals surface area contributed by atoms with Crippen LogP contribution in [-0.2, 0) is 19.5 Å². The summed E-state index contributed by atoms with van der Waals surface area (Å²) in [6, 6.07) is 0. The van der Waals surface area contributed by atoms with Crippen molar-refractivity contribution in [3.05, 3.63) is 24.3 Å². The van der Waals surface area contributed by atoms with E-state index < -0.39 is 0 Å². The number of rotatable bonds is 3. The molecule has 0 atom stereocenters. The Morgan fingerprint density at radius 3 is 2.93 bits per heavy atom. The van der Waals surface area contributed by atoms with E-state index in [1.165, 1.54) is 6.33 Å². The lowest BCUT2D eigenvalue weighted by Crippen LogP contribution is -2.08. The Bertz CT molecular complexity index is 419. The quantitative estimate of drug-likeness (QED) is 0.682. The minimum Gasteiger partial charge on any atom is -0.309 e. The fraction of sp³-hybridized carbons (Fsp3) is 0.429. The molecule has 7 heteroatoms. The van der Waals surface area contributed by atoms with Gasteiger partial charge in [0.2, 0.25) is 0 Å². The SMILES string of the molecule is Cn1ncnc1Cn1cnnc1CCl. The Labute approximate surface area is 85.5 Å². The van der Waals surface area contributed by atoms with Crippen LogP contribution in [0.3, 0.4) is 0 Å². The molecule has 0 radical (unpaired) electrons. The average Bonchev–Trinajstić information content (AvgIpc) is 2.77. The van der Waals surface area contributed by atoms with Crippen molar-refractivity contribution in [2.24, 2.45) is 7.05 Å². The molecule has 0 fully saturated rings. The Hall–Kier alpha value is -1.43. The van der Waals surface area contributed by atoms with Gasteiger partial charge < -0.3 is 4.57 Å². The molecule has 0 aliphatic rings. The highest BCUT2D eigenvalue weighted by Crippen LogP contribution is 2.02. The van der Waals surface area contributed by atoms with Crippen LogP contribution in [0, 0.1) is 0 Å². The van der Waals surface area contributed by atoms with E-state index in [2.05, 4.69) is 20.3 Å². The monoisotopic (exact) mass is 212 g/mol. The summed E-state index contributed by atoms with van der Waals surface area (Å²) in [6.45, 7) is 0.589. The van der Waals surface area contributed by atoms with E-state index in [0.717, 1.165) is 11.6 Å². The van der Waals surface area contributed by atoms with E-state index in [0.29, 0.717) is 12.4 Å². The van der Waals surface area contributed by atoms with Crippen LogP contribution in [-0.4, -0.2) is 29.5 Å². The zero-order chi connectivity index (χ0) is 9.97. The first-order valence-electron chi connectivity index (χ1n) is 4.07. The first kappa shape index (κ1) is 9.14.